The molecule has 158 valence electrons. The first kappa shape index (κ1) is 20.0. The van der Waals surface area contributed by atoms with Gasteiger partial charge in [0.2, 0.25) is 0 Å². The van der Waals surface area contributed by atoms with Crippen molar-refractivity contribution in [1.82, 2.24) is 5.32 Å². The molecule has 4 bridgehead atoms. The quantitative estimate of drug-likeness (QED) is 0.675. The molecule has 1 amide bonds. The van der Waals surface area contributed by atoms with Crippen LogP contribution in [0.4, 0.5) is 0 Å². The molecule has 0 radical (unpaired) electrons. The fourth-order valence-electron chi connectivity index (χ4n) is 5.85. The van der Waals surface area contributed by atoms with Crippen LogP contribution in [0.15, 0.2) is 24.3 Å². The first-order valence-electron chi connectivity index (χ1n) is 10.8. The van der Waals surface area contributed by atoms with E-state index in [1.807, 2.05) is 6.92 Å². The lowest BCUT2D eigenvalue weighted by molar-refractivity contribution is -0.158. The minimum absolute atomic E-state index is 0.0781. The molecular formula is C23H31NO5. The monoisotopic (exact) mass is 401 g/mol. The number of nitrogens with one attached hydrogen (secondary N) is 1. The minimum Gasteiger partial charge on any atom is -0.494 e. The Morgan fingerprint density at radius 3 is 2.03 bits per heavy atom. The highest BCUT2D eigenvalue weighted by Gasteiger charge is 2.51. The van der Waals surface area contributed by atoms with Gasteiger partial charge in [0, 0.05) is 5.54 Å². The molecule has 0 aromatic heterocycles. The standard InChI is InChI=1S/C23H31NO5/c1-3-27-19-4-6-20(7-5-19)28-14-21(25)29-15(2)22(26)24-23-11-16-8-17(12-23)10-18(9-16)13-23/h4-7,15-18H,3,8-14H2,1-2H3,(H,24,26)/t15-,16?,17?,18?,23?/m0/s1. The van der Waals surface area contributed by atoms with E-state index < -0.39 is 12.1 Å². The largest absolute Gasteiger partial charge is 0.494 e. The molecule has 4 aliphatic rings. The number of carbonyl (C=O) groups excluding carboxylic acids is 2. The summed E-state index contributed by atoms with van der Waals surface area (Å²) in [5, 5.41) is 3.25. The van der Waals surface area contributed by atoms with Crippen molar-refractivity contribution in [3.63, 3.8) is 0 Å². The summed E-state index contributed by atoms with van der Waals surface area (Å²) in [6.07, 6.45) is 6.37. The second-order valence-corrected chi connectivity index (χ2v) is 9.01. The summed E-state index contributed by atoms with van der Waals surface area (Å²) in [4.78, 5) is 24.8. The smallest absolute Gasteiger partial charge is 0.344 e. The van der Waals surface area contributed by atoms with Gasteiger partial charge < -0.3 is 19.5 Å². The molecule has 0 spiro atoms. The van der Waals surface area contributed by atoms with Crippen LogP contribution in [0.25, 0.3) is 0 Å². The highest BCUT2D eigenvalue weighted by molar-refractivity contribution is 5.84. The normalized spacial score (nSPS) is 30.5. The molecule has 0 unspecified atom stereocenters. The van der Waals surface area contributed by atoms with Crippen molar-refractivity contribution in [2.75, 3.05) is 13.2 Å². The molecule has 0 aliphatic heterocycles. The number of carbonyl (C=O) groups is 2. The van der Waals surface area contributed by atoms with Crippen LogP contribution in [0, 0.1) is 17.8 Å². The molecule has 0 saturated heterocycles. The van der Waals surface area contributed by atoms with Gasteiger partial charge in [-0.3, -0.25) is 4.79 Å². The Hall–Kier alpha value is -2.24. The van der Waals surface area contributed by atoms with Crippen molar-refractivity contribution in [2.45, 2.75) is 64.0 Å². The number of rotatable bonds is 8. The van der Waals surface area contributed by atoms with Crippen molar-refractivity contribution in [3.05, 3.63) is 24.3 Å². The summed E-state index contributed by atoms with van der Waals surface area (Å²) in [7, 11) is 0. The van der Waals surface area contributed by atoms with E-state index >= 15 is 0 Å². The minimum atomic E-state index is -0.820. The molecule has 29 heavy (non-hydrogen) atoms. The van der Waals surface area contributed by atoms with Crippen LogP contribution in [-0.4, -0.2) is 36.7 Å². The summed E-state index contributed by atoms with van der Waals surface area (Å²) in [6.45, 7) is 3.91. The maximum absolute atomic E-state index is 12.7. The van der Waals surface area contributed by atoms with E-state index in [2.05, 4.69) is 5.32 Å². The van der Waals surface area contributed by atoms with E-state index in [1.54, 1.807) is 31.2 Å². The zero-order valence-electron chi connectivity index (χ0n) is 17.3. The average Bonchev–Trinajstić information content (AvgIpc) is 2.66. The number of esters is 1. The predicted octanol–water partition coefficient (Wildman–Crippen LogP) is 3.48. The summed E-state index contributed by atoms with van der Waals surface area (Å²) in [5.41, 5.74) is -0.0781. The molecule has 0 heterocycles. The molecular weight excluding hydrogens is 370 g/mol. The fourth-order valence-corrected chi connectivity index (χ4v) is 5.85. The molecule has 1 aromatic carbocycles. The molecule has 1 N–H and O–H groups in total. The summed E-state index contributed by atoms with van der Waals surface area (Å²) in [5.74, 6) is 2.81. The van der Waals surface area contributed by atoms with E-state index in [-0.39, 0.29) is 18.1 Å². The van der Waals surface area contributed by atoms with Crippen LogP contribution in [0.5, 0.6) is 11.5 Å². The Labute approximate surface area is 172 Å². The lowest BCUT2D eigenvalue weighted by atomic mass is 9.53. The van der Waals surface area contributed by atoms with Gasteiger partial charge in [0.05, 0.1) is 6.61 Å². The van der Waals surface area contributed by atoms with Crippen LogP contribution >= 0.6 is 0 Å². The van der Waals surface area contributed by atoms with Gasteiger partial charge in [-0.1, -0.05) is 0 Å². The topological polar surface area (TPSA) is 73.9 Å². The van der Waals surface area contributed by atoms with Crippen molar-refractivity contribution < 1.29 is 23.8 Å². The Bertz CT molecular complexity index is 709. The van der Waals surface area contributed by atoms with E-state index in [4.69, 9.17) is 14.2 Å². The summed E-state index contributed by atoms with van der Waals surface area (Å²) < 4.78 is 16.1. The lowest BCUT2D eigenvalue weighted by Gasteiger charge is -2.57. The Morgan fingerprint density at radius 1 is 1.00 bits per heavy atom. The van der Waals surface area contributed by atoms with Crippen molar-refractivity contribution in [3.8, 4) is 11.5 Å². The Kier molecular flexibility index (Phi) is 5.70. The molecule has 1 atom stereocenters. The third-order valence-corrected chi connectivity index (χ3v) is 6.60. The lowest BCUT2D eigenvalue weighted by Crippen LogP contribution is -2.61. The van der Waals surface area contributed by atoms with Crippen LogP contribution in [0.1, 0.15) is 52.4 Å². The second kappa shape index (κ2) is 8.25. The maximum atomic E-state index is 12.7. The van der Waals surface area contributed by atoms with Gasteiger partial charge in [-0.2, -0.15) is 0 Å². The van der Waals surface area contributed by atoms with Crippen molar-refractivity contribution >= 4 is 11.9 Å². The highest BCUT2D eigenvalue weighted by atomic mass is 16.6. The van der Waals surface area contributed by atoms with Gasteiger partial charge in [0.15, 0.2) is 12.7 Å². The summed E-state index contributed by atoms with van der Waals surface area (Å²) >= 11 is 0. The van der Waals surface area contributed by atoms with Crippen LogP contribution in [0.2, 0.25) is 0 Å². The van der Waals surface area contributed by atoms with Gasteiger partial charge in [-0.15, -0.1) is 0 Å². The van der Waals surface area contributed by atoms with E-state index in [0.717, 1.165) is 42.8 Å². The Morgan fingerprint density at radius 2 is 1.52 bits per heavy atom. The van der Waals surface area contributed by atoms with E-state index in [1.165, 1.54) is 19.3 Å². The van der Waals surface area contributed by atoms with Gasteiger partial charge >= 0.3 is 5.97 Å². The van der Waals surface area contributed by atoms with Gasteiger partial charge in [-0.05, 0) is 94.4 Å². The summed E-state index contributed by atoms with van der Waals surface area (Å²) in [6, 6.07) is 7.04. The van der Waals surface area contributed by atoms with Crippen LogP contribution < -0.4 is 14.8 Å². The third-order valence-electron chi connectivity index (χ3n) is 6.60. The van der Waals surface area contributed by atoms with Crippen LogP contribution in [-0.2, 0) is 14.3 Å². The molecule has 6 nitrogen and oxygen atoms in total. The van der Waals surface area contributed by atoms with E-state index in [0.29, 0.717) is 12.4 Å². The number of hydrogen-bond acceptors (Lipinski definition) is 5. The van der Waals surface area contributed by atoms with Gasteiger partial charge in [0.1, 0.15) is 11.5 Å². The highest BCUT2D eigenvalue weighted by Crippen LogP contribution is 2.55. The number of benzene rings is 1. The Balaban J connectivity index is 1.24. The average molecular weight is 402 g/mol. The number of hydrogen-bond donors (Lipinski definition) is 1. The third kappa shape index (κ3) is 4.68. The molecule has 1 aromatic rings. The molecule has 5 rings (SSSR count). The predicted molar refractivity (Wildman–Crippen MR) is 108 cm³/mol. The zero-order valence-corrected chi connectivity index (χ0v) is 17.3. The van der Waals surface area contributed by atoms with Crippen LogP contribution in [0.3, 0.4) is 0 Å². The first-order chi connectivity index (χ1) is 13.9. The van der Waals surface area contributed by atoms with Gasteiger partial charge in [-0.25, -0.2) is 4.79 Å². The molecule has 4 saturated carbocycles. The second-order valence-electron chi connectivity index (χ2n) is 9.01. The number of ether oxygens (including phenoxy) is 3. The number of amides is 1. The molecule has 4 aliphatic carbocycles. The van der Waals surface area contributed by atoms with Crippen molar-refractivity contribution in [1.29, 1.82) is 0 Å². The molecule has 4 fully saturated rings. The molecule has 6 heteroatoms. The van der Waals surface area contributed by atoms with E-state index in [9.17, 15) is 9.59 Å². The fraction of sp³-hybridized carbons (Fsp3) is 0.652. The zero-order chi connectivity index (χ0) is 20.4. The van der Waals surface area contributed by atoms with Crippen molar-refractivity contribution in [2.24, 2.45) is 17.8 Å². The SMILES string of the molecule is CCOc1ccc(OCC(=O)O[C@@H](C)C(=O)NC23CC4CC(CC(C4)C2)C3)cc1. The first-order valence-corrected chi connectivity index (χ1v) is 10.8. The van der Waals surface area contributed by atoms with Gasteiger partial charge in [0.25, 0.3) is 5.91 Å². The maximum Gasteiger partial charge on any atom is 0.344 e.